The van der Waals surface area contributed by atoms with E-state index in [0.29, 0.717) is 6.10 Å². The van der Waals surface area contributed by atoms with Gasteiger partial charge in [-0.05, 0) is 39.0 Å². The van der Waals surface area contributed by atoms with Crippen LogP contribution >= 0.6 is 0 Å². The van der Waals surface area contributed by atoms with Crippen molar-refractivity contribution in [3.63, 3.8) is 0 Å². The van der Waals surface area contributed by atoms with Gasteiger partial charge in [0, 0.05) is 0 Å². The van der Waals surface area contributed by atoms with Gasteiger partial charge in [-0.25, -0.2) is 0 Å². The van der Waals surface area contributed by atoms with Gasteiger partial charge in [-0.1, -0.05) is 12.2 Å². The van der Waals surface area contributed by atoms with Gasteiger partial charge < -0.3 is 4.74 Å². The Morgan fingerprint density at radius 3 is 2.91 bits per heavy atom. The fourth-order valence-electron chi connectivity index (χ4n) is 2.09. The minimum Gasteiger partial charge on any atom is -0.366 e. The molecular formula is C10H16O. The molecule has 3 atom stereocenters. The average Bonchev–Trinajstić information content (AvgIpc) is 2.58. The number of hydrogen-bond donors (Lipinski definition) is 0. The summed E-state index contributed by atoms with van der Waals surface area (Å²) in [5, 5.41) is 0. The summed E-state index contributed by atoms with van der Waals surface area (Å²) in [6, 6.07) is 0. The summed E-state index contributed by atoms with van der Waals surface area (Å²) in [5.74, 6) is 0.732. The molecule has 0 spiro atoms. The molecule has 1 heterocycles. The molecule has 2 fully saturated rings. The van der Waals surface area contributed by atoms with Gasteiger partial charge in [-0.2, -0.15) is 0 Å². The van der Waals surface area contributed by atoms with Crippen molar-refractivity contribution < 1.29 is 4.74 Å². The molecule has 0 aromatic carbocycles. The van der Waals surface area contributed by atoms with E-state index in [1.165, 1.54) is 24.8 Å². The van der Waals surface area contributed by atoms with Crippen LogP contribution in [-0.4, -0.2) is 11.7 Å². The second-order valence-corrected chi connectivity index (χ2v) is 4.24. The minimum absolute atomic E-state index is 0.270. The summed E-state index contributed by atoms with van der Waals surface area (Å²) in [6.45, 7) is 8.36. The van der Waals surface area contributed by atoms with Crippen LogP contribution in [0.15, 0.2) is 12.2 Å². The molecule has 1 unspecified atom stereocenters. The van der Waals surface area contributed by atoms with Crippen LogP contribution in [0.5, 0.6) is 0 Å². The first-order valence-electron chi connectivity index (χ1n) is 4.45. The normalized spacial score (nSPS) is 48.2. The fraction of sp³-hybridized carbons (Fsp3) is 0.800. The number of epoxide rings is 1. The van der Waals surface area contributed by atoms with Crippen LogP contribution in [0, 0.1) is 5.92 Å². The molecule has 1 heteroatoms. The van der Waals surface area contributed by atoms with E-state index in [1.807, 2.05) is 0 Å². The molecule has 1 aliphatic carbocycles. The summed E-state index contributed by atoms with van der Waals surface area (Å²) < 4.78 is 5.60. The number of allylic oxidation sites excluding steroid dienone is 1. The molecule has 11 heavy (non-hydrogen) atoms. The second-order valence-electron chi connectivity index (χ2n) is 4.24. The van der Waals surface area contributed by atoms with Crippen LogP contribution < -0.4 is 0 Å². The second kappa shape index (κ2) is 2.10. The quantitative estimate of drug-likeness (QED) is 0.415. The third kappa shape index (κ3) is 1.12. The Bertz CT molecular complexity index is 197. The summed E-state index contributed by atoms with van der Waals surface area (Å²) in [4.78, 5) is 0. The molecule has 1 saturated heterocycles. The molecule has 2 aliphatic rings. The van der Waals surface area contributed by atoms with E-state index in [9.17, 15) is 0 Å². The molecule has 0 aromatic rings. The lowest BCUT2D eigenvalue weighted by Gasteiger charge is -2.22. The third-order valence-electron chi connectivity index (χ3n) is 3.22. The molecule has 0 N–H and O–H groups in total. The highest BCUT2D eigenvalue weighted by molar-refractivity contribution is 5.10. The van der Waals surface area contributed by atoms with Crippen LogP contribution in [-0.2, 0) is 4.74 Å². The van der Waals surface area contributed by atoms with Crippen LogP contribution in [0.4, 0.5) is 0 Å². The standard InChI is InChI=1S/C10H16O/c1-7(2)8-4-5-10(3)9(6-8)11-10/h8-9H,1,4-6H2,2-3H3/t8-,9?,10-/m1/s1. The lowest BCUT2D eigenvalue weighted by molar-refractivity contribution is 0.303. The number of ether oxygens (including phenoxy) is 1. The Hall–Kier alpha value is -0.300. The first kappa shape index (κ1) is 7.35. The topological polar surface area (TPSA) is 12.5 Å². The van der Waals surface area contributed by atoms with E-state index in [2.05, 4.69) is 20.4 Å². The van der Waals surface area contributed by atoms with Gasteiger partial charge in [0.2, 0.25) is 0 Å². The van der Waals surface area contributed by atoms with E-state index in [0.717, 1.165) is 5.92 Å². The predicted molar refractivity (Wildman–Crippen MR) is 45.4 cm³/mol. The van der Waals surface area contributed by atoms with Crippen LogP contribution in [0.2, 0.25) is 0 Å². The maximum absolute atomic E-state index is 5.60. The van der Waals surface area contributed by atoms with Crippen molar-refractivity contribution in [1.29, 1.82) is 0 Å². The highest BCUT2D eigenvalue weighted by Gasteiger charge is 2.55. The third-order valence-corrected chi connectivity index (χ3v) is 3.22. The van der Waals surface area contributed by atoms with Gasteiger partial charge >= 0.3 is 0 Å². The van der Waals surface area contributed by atoms with Gasteiger partial charge in [0.15, 0.2) is 0 Å². The Balaban J connectivity index is 1.98. The smallest absolute Gasteiger partial charge is 0.0920 e. The Morgan fingerprint density at radius 2 is 2.36 bits per heavy atom. The molecule has 0 amide bonds. The van der Waals surface area contributed by atoms with Gasteiger partial charge in [0.1, 0.15) is 0 Å². The van der Waals surface area contributed by atoms with Crippen molar-refractivity contribution in [2.45, 2.75) is 44.8 Å². The first-order valence-corrected chi connectivity index (χ1v) is 4.45. The van der Waals surface area contributed by atoms with Crippen molar-refractivity contribution in [2.75, 3.05) is 0 Å². The van der Waals surface area contributed by atoms with Gasteiger partial charge in [0.25, 0.3) is 0 Å². The maximum Gasteiger partial charge on any atom is 0.0920 e. The monoisotopic (exact) mass is 152 g/mol. The predicted octanol–water partition coefficient (Wildman–Crippen LogP) is 2.52. The lowest BCUT2D eigenvalue weighted by atomic mass is 9.80. The Kier molecular flexibility index (Phi) is 1.40. The summed E-state index contributed by atoms with van der Waals surface area (Å²) in [6.07, 6.45) is 4.28. The largest absolute Gasteiger partial charge is 0.366 e. The first-order chi connectivity index (χ1) is 5.12. The van der Waals surface area contributed by atoms with Crippen molar-refractivity contribution in [1.82, 2.24) is 0 Å². The van der Waals surface area contributed by atoms with E-state index < -0.39 is 0 Å². The minimum atomic E-state index is 0.270. The zero-order valence-electron chi connectivity index (χ0n) is 7.39. The van der Waals surface area contributed by atoms with E-state index in [-0.39, 0.29) is 5.60 Å². The summed E-state index contributed by atoms with van der Waals surface area (Å²) in [5.41, 5.74) is 1.61. The Morgan fingerprint density at radius 1 is 1.64 bits per heavy atom. The lowest BCUT2D eigenvalue weighted by Crippen LogP contribution is -2.21. The molecule has 1 aliphatic heterocycles. The molecule has 0 bridgehead atoms. The number of fused-ring (bicyclic) bond motifs is 1. The fourth-order valence-corrected chi connectivity index (χ4v) is 2.09. The van der Waals surface area contributed by atoms with Crippen molar-refractivity contribution in [2.24, 2.45) is 5.92 Å². The molecule has 62 valence electrons. The zero-order chi connectivity index (χ0) is 8.06. The maximum atomic E-state index is 5.60. The van der Waals surface area contributed by atoms with Crippen molar-refractivity contribution in [3.8, 4) is 0 Å². The zero-order valence-corrected chi connectivity index (χ0v) is 7.39. The number of hydrogen-bond acceptors (Lipinski definition) is 1. The van der Waals surface area contributed by atoms with Crippen LogP contribution in [0.1, 0.15) is 33.1 Å². The summed E-state index contributed by atoms with van der Waals surface area (Å²) >= 11 is 0. The van der Waals surface area contributed by atoms with E-state index >= 15 is 0 Å². The molecular weight excluding hydrogens is 136 g/mol. The number of rotatable bonds is 1. The summed E-state index contributed by atoms with van der Waals surface area (Å²) in [7, 11) is 0. The van der Waals surface area contributed by atoms with Crippen LogP contribution in [0.25, 0.3) is 0 Å². The van der Waals surface area contributed by atoms with Gasteiger partial charge in [-0.15, -0.1) is 0 Å². The highest BCUT2D eigenvalue weighted by atomic mass is 16.6. The van der Waals surface area contributed by atoms with Gasteiger partial charge in [0.05, 0.1) is 11.7 Å². The van der Waals surface area contributed by atoms with Crippen LogP contribution in [0.3, 0.4) is 0 Å². The van der Waals surface area contributed by atoms with E-state index in [4.69, 9.17) is 4.74 Å². The molecule has 1 nitrogen and oxygen atoms in total. The van der Waals surface area contributed by atoms with E-state index in [1.54, 1.807) is 0 Å². The van der Waals surface area contributed by atoms with Crippen molar-refractivity contribution >= 4 is 0 Å². The molecule has 1 saturated carbocycles. The average molecular weight is 152 g/mol. The molecule has 2 rings (SSSR count). The van der Waals surface area contributed by atoms with Gasteiger partial charge in [-0.3, -0.25) is 0 Å². The highest BCUT2D eigenvalue weighted by Crippen LogP contribution is 2.50. The SMILES string of the molecule is C=C(C)[C@@H]1CC[C@@]2(C)OC2C1. The van der Waals surface area contributed by atoms with Crippen molar-refractivity contribution in [3.05, 3.63) is 12.2 Å². The molecule has 0 radical (unpaired) electrons. The molecule has 0 aromatic heterocycles. The Labute approximate surface area is 68.4 Å².